The predicted molar refractivity (Wildman–Crippen MR) is 185 cm³/mol. The van der Waals surface area contributed by atoms with Crippen molar-refractivity contribution in [3.63, 3.8) is 0 Å². The van der Waals surface area contributed by atoms with Gasteiger partial charge in [-0.25, -0.2) is 0 Å². The minimum Gasteiger partial charge on any atom is -0.0622 e. The molecular formula is C42H36Ni. The molecule has 0 heterocycles. The molecule has 214 valence electrons. The summed E-state index contributed by atoms with van der Waals surface area (Å²) in [5.41, 5.74) is 7.40. The van der Waals surface area contributed by atoms with E-state index in [1.807, 2.05) is 109 Å². The number of benzene rings is 6. The first kappa shape index (κ1) is 32.5. The monoisotopic (exact) mass is 598 g/mol. The zero-order valence-electron chi connectivity index (χ0n) is 24.1. The molecular weight excluding hydrogens is 563 g/mol. The van der Waals surface area contributed by atoms with E-state index in [1.54, 1.807) is 0 Å². The molecule has 1 heteroatoms. The Labute approximate surface area is 267 Å². The van der Waals surface area contributed by atoms with Crippen LogP contribution in [0.1, 0.15) is 33.4 Å². The second kappa shape index (κ2) is 20.0. The minimum atomic E-state index is 0. The van der Waals surface area contributed by atoms with Gasteiger partial charge in [0.25, 0.3) is 0 Å². The molecule has 0 spiro atoms. The van der Waals surface area contributed by atoms with Crippen LogP contribution in [0.3, 0.4) is 0 Å². The quantitative estimate of drug-likeness (QED) is 0.132. The Morgan fingerprint density at radius 3 is 0.419 bits per heavy atom. The topological polar surface area (TPSA) is 0 Å². The Morgan fingerprint density at radius 2 is 0.302 bits per heavy atom. The summed E-state index contributed by atoms with van der Waals surface area (Å²) >= 11 is 0. The molecule has 0 fully saturated rings. The molecule has 0 saturated carbocycles. The number of hydrogen-bond acceptors (Lipinski definition) is 0. The van der Waals surface area contributed by atoms with Gasteiger partial charge in [-0.15, -0.1) is 0 Å². The van der Waals surface area contributed by atoms with Crippen LogP contribution in [0, 0.1) is 0 Å². The summed E-state index contributed by atoms with van der Waals surface area (Å²) in [5.74, 6) is 0. The van der Waals surface area contributed by atoms with E-state index in [0.717, 1.165) is 0 Å². The molecule has 6 rings (SSSR count). The molecule has 0 aliphatic carbocycles. The summed E-state index contributed by atoms with van der Waals surface area (Å²) in [6.07, 6.45) is 12.7. The van der Waals surface area contributed by atoms with Crippen LogP contribution in [0.4, 0.5) is 0 Å². The molecule has 0 aliphatic heterocycles. The van der Waals surface area contributed by atoms with Crippen molar-refractivity contribution >= 4 is 36.5 Å². The Bertz CT molecular complexity index is 1280. The van der Waals surface area contributed by atoms with Gasteiger partial charge < -0.3 is 0 Å². The molecule has 6 aromatic rings. The Morgan fingerprint density at radius 1 is 0.186 bits per heavy atom. The van der Waals surface area contributed by atoms with Crippen molar-refractivity contribution in [1.82, 2.24) is 0 Å². The van der Waals surface area contributed by atoms with E-state index in [4.69, 9.17) is 0 Å². The SMILES string of the molecule is C(=C\c1ccccc1)/c1ccccc1.C(=C\c1ccccc1)/c1ccccc1.C(=C\c1ccccc1)/c1ccccc1.[Ni]. The van der Waals surface area contributed by atoms with Gasteiger partial charge in [-0.05, 0) is 33.4 Å². The molecule has 0 N–H and O–H groups in total. The van der Waals surface area contributed by atoms with Crippen LogP contribution in [0.15, 0.2) is 182 Å². The fraction of sp³-hybridized carbons (Fsp3) is 0. The Kier molecular flexibility index (Phi) is 15.1. The summed E-state index contributed by atoms with van der Waals surface area (Å²) in [7, 11) is 0. The van der Waals surface area contributed by atoms with Gasteiger partial charge in [0.15, 0.2) is 0 Å². The van der Waals surface area contributed by atoms with Crippen LogP contribution >= 0.6 is 0 Å². The largest absolute Gasteiger partial charge is 0.0622 e. The third kappa shape index (κ3) is 13.5. The first-order valence-corrected chi connectivity index (χ1v) is 14.2. The second-order valence-electron chi connectivity index (χ2n) is 9.46. The standard InChI is InChI=1S/3C14H12.Ni/c3*1-3-7-13(8-4-1)11-12-14-9-5-2-6-10-14;/h3*1-12H;/b3*12-11+;. The third-order valence-electron chi connectivity index (χ3n) is 6.20. The van der Waals surface area contributed by atoms with Crippen LogP contribution in [0.5, 0.6) is 0 Å². The molecule has 0 atom stereocenters. The van der Waals surface area contributed by atoms with Crippen LogP contribution in [-0.2, 0) is 16.5 Å². The normalized spacial score (nSPS) is 10.3. The summed E-state index contributed by atoms with van der Waals surface area (Å²) < 4.78 is 0. The summed E-state index contributed by atoms with van der Waals surface area (Å²) in [5, 5.41) is 0. The van der Waals surface area contributed by atoms with E-state index < -0.39 is 0 Å². The van der Waals surface area contributed by atoms with Crippen molar-refractivity contribution in [1.29, 1.82) is 0 Å². The van der Waals surface area contributed by atoms with Crippen molar-refractivity contribution in [3.8, 4) is 0 Å². The number of rotatable bonds is 6. The van der Waals surface area contributed by atoms with Gasteiger partial charge in [0, 0.05) is 16.5 Å². The molecule has 0 bridgehead atoms. The summed E-state index contributed by atoms with van der Waals surface area (Å²) in [6, 6.07) is 61.9. The van der Waals surface area contributed by atoms with E-state index in [2.05, 4.69) is 109 Å². The first-order valence-electron chi connectivity index (χ1n) is 14.2. The van der Waals surface area contributed by atoms with Gasteiger partial charge in [-0.1, -0.05) is 218 Å². The van der Waals surface area contributed by atoms with Crippen molar-refractivity contribution in [2.45, 2.75) is 0 Å². The van der Waals surface area contributed by atoms with Crippen LogP contribution < -0.4 is 0 Å². The fourth-order valence-electron chi connectivity index (χ4n) is 3.96. The van der Waals surface area contributed by atoms with E-state index in [-0.39, 0.29) is 16.5 Å². The maximum Gasteiger partial charge on any atom is 0 e. The van der Waals surface area contributed by atoms with Crippen LogP contribution in [-0.4, -0.2) is 0 Å². The van der Waals surface area contributed by atoms with Gasteiger partial charge in [-0.3, -0.25) is 0 Å². The maximum absolute atomic E-state index is 2.12. The average Bonchev–Trinajstić information content (AvgIpc) is 3.09. The molecule has 6 aromatic carbocycles. The van der Waals surface area contributed by atoms with E-state index in [9.17, 15) is 0 Å². The van der Waals surface area contributed by atoms with Gasteiger partial charge in [-0.2, -0.15) is 0 Å². The summed E-state index contributed by atoms with van der Waals surface area (Å²) in [6.45, 7) is 0. The maximum atomic E-state index is 2.12. The zero-order valence-corrected chi connectivity index (χ0v) is 25.1. The smallest absolute Gasteiger partial charge is 0 e. The fourth-order valence-corrected chi connectivity index (χ4v) is 3.96. The average molecular weight is 599 g/mol. The van der Waals surface area contributed by atoms with Crippen molar-refractivity contribution < 1.29 is 16.5 Å². The zero-order chi connectivity index (χ0) is 28.9. The Hall–Kier alpha value is -4.97. The van der Waals surface area contributed by atoms with Crippen LogP contribution in [0.25, 0.3) is 36.5 Å². The van der Waals surface area contributed by atoms with Crippen molar-refractivity contribution in [2.24, 2.45) is 0 Å². The van der Waals surface area contributed by atoms with Crippen molar-refractivity contribution in [3.05, 3.63) is 215 Å². The third-order valence-corrected chi connectivity index (χ3v) is 6.20. The molecule has 43 heavy (non-hydrogen) atoms. The second-order valence-corrected chi connectivity index (χ2v) is 9.46. The summed E-state index contributed by atoms with van der Waals surface area (Å²) in [4.78, 5) is 0. The van der Waals surface area contributed by atoms with E-state index in [0.29, 0.717) is 0 Å². The van der Waals surface area contributed by atoms with E-state index >= 15 is 0 Å². The molecule has 0 nitrogen and oxygen atoms in total. The molecule has 0 radical (unpaired) electrons. The van der Waals surface area contributed by atoms with E-state index in [1.165, 1.54) is 33.4 Å². The predicted octanol–water partition coefficient (Wildman–Crippen LogP) is 11.6. The molecule has 0 aliphatic rings. The minimum absolute atomic E-state index is 0. The van der Waals surface area contributed by atoms with Crippen LogP contribution in [0.2, 0.25) is 0 Å². The number of hydrogen-bond donors (Lipinski definition) is 0. The molecule has 0 amide bonds. The Balaban J connectivity index is 0.000000175. The van der Waals surface area contributed by atoms with Gasteiger partial charge >= 0.3 is 0 Å². The van der Waals surface area contributed by atoms with Gasteiger partial charge in [0.05, 0.1) is 0 Å². The van der Waals surface area contributed by atoms with Gasteiger partial charge in [0.2, 0.25) is 0 Å². The van der Waals surface area contributed by atoms with Crippen molar-refractivity contribution in [2.75, 3.05) is 0 Å². The molecule has 0 unspecified atom stereocenters. The molecule has 0 aromatic heterocycles. The molecule has 0 saturated heterocycles. The van der Waals surface area contributed by atoms with Gasteiger partial charge in [0.1, 0.15) is 0 Å². The first-order chi connectivity index (χ1) is 20.8.